The third kappa shape index (κ3) is 2.30. The smallest absolute Gasteiger partial charge is 0.159 e. The van der Waals surface area contributed by atoms with E-state index in [1.54, 1.807) is 6.20 Å². The maximum atomic E-state index is 4.59. The molecule has 0 atom stereocenters. The molecule has 4 heteroatoms. The fourth-order valence-electron chi connectivity index (χ4n) is 2.93. The first-order chi connectivity index (χ1) is 10.8. The predicted molar refractivity (Wildman–Crippen MR) is 88.3 cm³/mol. The van der Waals surface area contributed by atoms with E-state index in [-0.39, 0.29) is 0 Å². The fraction of sp³-hybridized carbons (Fsp3) is 0.278. The van der Waals surface area contributed by atoms with Gasteiger partial charge in [-0.05, 0) is 55.2 Å². The highest BCUT2D eigenvalue weighted by atomic mass is 15.3. The first-order valence-corrected chi connectivity index (χ1v) is 7.73. The van der Waals surface area contributed by atoms with Gasteiger partial charge in [0.05, 0.1) is 17.6 Å². The SMILES string of the molecule is Cn1ncc(C2CCC2)c1/C=C/c1ccc2cccnc2n1. The number of fused-ring (bicyclic) bond motifs is 1. The summed E-state index contributed by atoms with van der Waals surface area (Å²) in [5.74, 6) is 0.680. The van der Waals surface area contributed by atoms with E-state index in [0.717, 1.165) is 16.7 Å². The van der Waals surface area contributed by atoms with Crippen LogP contribution in [0, 0.1) is 0 Å². The average molecular weight is 290 g/mol. The molecular weight excluding hydrogens is 272 g/mol. The fourth-order valence-corrected chi connectivity index (χ4v) is 2.93. The summed E-state index contributed by atoms with van der Waals surface area (Å²) < 4.78 is 1.95. The highest BCUT2D eigenvalue weighted by Gasteiger charge is 2.23. The van der Waals surface area contributed by atoms with Crippen molar-refractivity contribution in [3.63, 3.8) is 0 Å². The van der Waals surface area contributed by atoms with Crippen molar-refractivity contribution in [2.45, 2.75) is 25.2 Å². The molecule has 1 saturated carbocycles. The minimum Gasteiger partial charge on any atom is -0.268 e. The first kappa shape index (κ1) is 13.2. The van der Waals surface area contributed by atoms with Gasteiger partial charge in [-0.3, -0.25) is 4.68 Å². The number of aryl methyl sites for hydroxylation is 1. The van der Waals surface area contributed by atoms with E-state index in [4.69, 9.17) is 0 Å². The molecule has 3 aromatic heterocycles. The molecule has 22 heavy (non-hydrogen) atoms. The maximum absolute atomic E-state index is 4.59. The Morgan fingerprint density at radius 1 is 1.18 bits per heavy atom. The Labute approximate surface area is 129 Å². The van der Waals surface area contributed by atoms with E-state index in [1.807, 2.05) is 42.2 Å². The highest BCUT2D eigenvalue weighted by molar-refractivity contribution is 5.77. The lowest BCUT2D eigenvalue weighted by molar-refractivity contribution is 0.419. The number of aromatic nitrogens is 4. The van der Waals surface area contributed by atoms with Gasteiger partial charge in [-0.1, -0.05) is 6.42 Å². The van der Waals surface area contributed by atoms with Gasteiger partial charge in [0.15, 0.2) is 5.65 Å². The van der Waals surface area contributed by atoms with Gasteiger partial charge in [-0.15, -0.1) is 0 Å². The van der Waals surface area contributed by atoms with Crippen LogP contribution < -0.4 is 0 Å². The molecule has 3 aromatic rings. The molecule has 110 valence electrons. The molecule has 1 aliphatic carbocycles. The lowest BCUT2D eigenvalue weighted by Gasteiger charge is -2.25. The minimum atomic E-state index is 0.680. The van der Waals surface area contributed by atoms with Gasteiger partial charge >= 0.3 is 0 Å². The Morgan fingerprint density at radius 3 is 2.91 bits per heavy atom. The topological polar surface area (TPSA) is 43.6 Å². The number of hydrogen-bond donors (Lipinski definition) is 0. The molecule has 0 unspecified atom stereocenters. The molecular formula is C18H18N4. The Kier molecular flexibility index (Phi) is 3.22. The number of pyridine rings is 2. The summed E-state index contributed by atoms with van der Waals surface area (Å²) in [7, 11) is 2.00. The van der Waals surface area contributed by atoms with Crippen LogP contribution in [-0.2, 0) is 7.05 Å². The Balaban J connectivity index is 1.67. The van der Waals surface area contributed by atoms with Crippen molar-refractivity contribution < 1.29 is 0 Å². The Hall–Kier alpha value is -2.49. The van der Waals surface area contributed by atoms with Gasteiger partial charge in [0, 0.05) is 24.2 Å². The lowest BCUT2D eigenvalue weighted by atomic mass is 9.80. The minimum absolute atomic E-state index is 0.680. The van der Waals surface area contributed by atoms with Crippen molar-refractivity contribution in [3.8, 4) is 0 Å². The molecule has 1 aliphatic rings. The summed E-state index contributed by atoms with van der Waals surface area (Å²) in [6, 6.07) is 8.05. The average Bonchev–Trinajstić information content (AvgIpc) is 2.84. The summed E-state index contributed by atoms with van der Waals surface area (Å²) in [5.41, 5.74) is 4.26. The van der Waals surface area contributed by atoms with E-state index in [2.05, 4.69) is 27.2 Å². The molecule has 0 bridgehead atoms. The number of rotatable bonds is 3. The molecule has 0 radical (unpaired) electrons. The quantitative estimate of drug-likeness (QED) is 0.737. The molecule has 0 amide bonds. The molecule has 3 heterocycles. The number of hydrogen-bond acceptors (Lipinski definition) is 3. The molecule has 0 aliphatic heterocycles. The van der Waals surface area contributed by atoms with Gasteiger partial charge in [-0.25, -0.2) is 9.97 Å². The zero-order valence-electron chi connectivity index (χ0n) is 12.6. The van der Waals surface area contributed by atoms with Crippen LogP contribution in [-0.4, -0.2) is 19.7 Å². The van der Waals surface area contributed by atoms with Crippen molar-refractivity contribution in [3.05, 3.63) is 53.6 Å². The van der Waals surface area contributed by atoms with E-state index in [0.29, 0.717) is 5.92 Å². The summed E-state index contributed by atoms with van der Waals surface area (Å²) in [4.78, 5) is 8.90. The third-order valence-corrected chi connectivity index (χ3v) is 4.46. The molecule has 0 saturated heterocycles. The van der Waals surface area contributed by atoms with Gasteiger partial charge in [0.25, 0.3) is 0 Å². The van der Waals surface area contributed by atoms with Gasteiger partial charge in [-0.2, -0.15) is 5.10 Å². The molecule has 1 fully saturated rings. The first-order valence-electron chi connectivity index (χ1n) is 7.73. The Morgan fingerprint density at radius 2 is 2.09 bits per heavy atom. The third-order valence-electron chi connectivity index (χ3n) is 4.46. The summed E-state index contributed by atoms with van der Waals surface area (Å²) in [6.07, 6.45) is 11.9. The second-order valence-electron chi connectivity index (χ2n) is 5.86. The molecule has 4 nitrogen and oxygen atoms in total. The second kappa shape index (κ2) is 5.37. The van der Waals surface area contributed by atoms with Crippen LogP contribution in [0.4, 0.5) is 0 Å². The normalized spacial score (nSPS) is 15.5. The van der Waals surface area contributed by atoms with Crippen LogP contribution in [0.1, 0.15) is 42.1 Å². The van der Waals surface area contributed by atoms with Crippen LogP contribution in [0.2, 0.25) is 0 Å². The van der Waals surface area contributed by atoms with E-state index >= 15 is 0 Å². The Bertz CT molecular complexity index is 843. The molecule has 4 rings (SSSR count). The second-order valence-corrected chi connectivity index (χ2v) is 5.86. The standard InChI is InChI=1S/C18H18N4/c1-22-17(16(12-20-22)13-4-2-5-13)10-9-15-8-7-14-6-3-11-19-18(14)21-15/h3,6-13H,2,4-5H2,1H3/b10-9+. The highest BCUT2D eigenvalue weighted by Crippen LogP contribution is 2.38. The summed E-state index contributed by atoms with van der Waals surface area (Å²) >= 11 is 0. The van der Waals surface area contributed by atoms with Crippen LogP contribution in [0.3, 0.4) is 0 Å². The van der Waals surface area contributed by atoms with Crippen molar-refractivity contribution in [2.75, 3.05) is 0 Å². The van der Waals surface area contributed by atoms with Gasteiger partial charge < -0.3 is 0 Å². The van der Waals surface area contributed by atoms with Crippen molar-refractivity contribution in [2.24, 2.45) is 7.05 Å². The van der Waals surface area contributed by atoms with Crippen LogP contribution in [0.25, 0.3) is 23.2 Å². The van der Waals surface area contributed by atoms with Crippen LogP contribution in [0.5, 0.6) is 0 Å². The predicted octanol–water partition coefficient (Wildman–Crippen LogP) is 3.80. The molecule has 0 N–H and O–H groups in total. The van der Waals surface area contributed by atoms with Crippen molar-refractivity contribution in [1.82, 2.24) is 19.7 Å². The number of nitrogens with zero attached hydrogens (tertiary/aromatic N) is 4. The maximum Gasteiger partial charge on any atom is 0.159 e. The molecule has 0 aromatic carbocycles. The van der Waals surface area contributed by atoms with E-state index in [1.165, 1.54) is 30.5 Å². The van der Waals surface area contributed by atoms with Crippen LogP contribution in [0.15, 0.2) is 36.7 Å². The lowest BCUT2D eigenvalue weighted by Crippen LogP contribution is -2.09. The zero-order valence-corrected chi connectivity index (χ0v) is 12.6. The monoisotopic (exact) mass is 290 g/mol. The van der Waals surface area contributed by atoms with Gasteiger partial charge in [0.1, 0.15) is 0 Å². The van der Waals surface area contributed by atoms with E-state index in [9.17, 15) is 0 Å². The largest absolute Gasteiger partial charge is 0.268 e. The zero-order chi connectivity index (χ0) is 14.9. The van der Waals surface area contributed by atoms with E-state index < -0.39 is 0 Å². The van der Waals surface area contributed by atoms with Crippen LogP contribution >= 0.6 is 0 Å². The summed E-state index contributed by atoms with van der Waals surface area (Å²) in [6.45, 7) is 0. The van der Waals surface area contributed by atoms with Crippen molar-refractivity contribution >= 4 is 23.2 Å². The summed E-state index contributed by atoms with van der Waals surface area (Å²) in [5, 5.41) is 5.48. The van der Waals surface area contributed by atoms with Gasteiger partial charge in [0.2, 0.25) is 0 Å². The molecule has 0 spiro atoms. The van der Waals surface area contributed by atoms with Crippen molar-refractivity contribution in [1.29, 1.82) is 0 Å².